The molecule has 1 atom stereocenters. The quantitative estimate of drug-likeness (QED) is 0.820. The Kier molecular flexibility index (Phi) is 4.87. The van der Waals surface area contributed by atoms with E-state index in [0.717, 1.165) is 5.76 Å². The molecule has 1 amide bonds. The third-order valence-electron chi connectivity index (χ3n) is 3.33. The molecule has 0 aliphatic carbocycles. The fourth-order valence-corrected chi connectivity index (χ4v) is 1.87. The van der Waals surface area contributed by atoms with Crippen LogP contribution in [-0.4, -0.2) is 31.6 Å². The molecule has 1 aromatic carbocycles. The van der Waals surface area contributed by atoms with E-state index in [0.29, 0.717) is 11.5 Å². The number of ether oxygens (including phenoxy) is 2. The second-order valence-corrected chi connectivity index (χ2v) is 4.66. The highest BCUT2D eigenvalue weighted by atomic mass is 16.5. The van der Waals surface area contributed by atoms with Crippen molar-refractivity contribution in [3.05, 3.63) is 48.4 Å². The first kappa shape index (κ1) is 15.0. The Balaban J connectivity index is 1.91. The van der Waals surface area contributed by atoms with E-state index in [1.54, 1.807) is 43.5 Å². The van der Waals surface area contributed by atoms with Gasteiger partial charge in [-0.2, -0.15) is 0 Å². The summed E-state index contributed by atoms with van der Waals surface area (Å²) >= 11 is 0. The molecule has 5 heteroatoms. The summed E-state index contributed by atoms with van der Waals surface area (Å²) in [7, 11) is 3.31. The van der Waals surface area contributed by atoms with Crippen LogP contribution in [0.1, 0.15) is 18.7 Å². The summed E-state index contributed by atoms with van der Waals surface area (Å²) in [5, 5.41) is 0. The van der Waals surface area contributed by atoms with Gasteiger partial charge in [0.05, 0.1) is 19.4 Å². The highest BCUT2D eigenvalue weighted by Crippen LogP contribution is 2.21. The van der Waals surface area contributed by atoms with Crippen molar-refractivity contribution in [1.29, 1.82) is 0 Å². The second-order valence-electron chi connectivity index (χ2n) is 4.66. The normalized spacial score (nSPS) is 11.8. The number of carbonyl (C=O) groups is 1. The summed E-state index contributed by atoms with van der Waals surface area (Å²) in [6, 6.07) is 10.7. The van der Waals surface area contributed by atoms with Crippen LogP contribution in [0.5, 0.6) is 11.5 Å². The molecule has 0 saturated heterocycles. The van der Waals surface area contributed by atoms with Crippen LogP contribution in [0.4, 0.5) is 0 Å². The first-order chi connectivity index (χ1) is 10.1. The highest BCUT2D eigenvalue weighted by molar-refractivity contribution is 5.77. The molecule has 1 aromatic heterocycles. The van der Waals surface area contributed by atoms with Gasteiger partial charge in [-0.1, -0.05) is 6.07 Å². The van der Waals surface area contributed by atoms with E-state index in [2.05, 4.69) is 0 Å². The minimum Gasteiger partial charge on any atom is -0.497 e. The van der Waals surface area contributed by atoms with E-state index >= 15 is 0 Å². The number of hydrogen-bond donors (Lipinski definition) is 0. The molecule has 2 rings (SSSR count). The lowest BCUT2D eigenvalue weighted by atomic mass is 10.2. The summed E-state index contributed by atoms with van der Waals surface area (Å²) in [4.78, 5) is 13.7. The van der Waals surface area contributed by atoms with Gasteiger partial charge in [-0.15, -0.1) is 0 Å². The van der Waals surface area contributed by atoms with Crippen LogP contribution in [0.15, 0.2) is 47.1 Å². The molecule has 5 nitrogen and oxygen atoms in total. The van der Waals surface area contributed by atoms with Crippen molar-refractivity contribution in [2.24, 2.45) is 0 Å². The topological polar surface area (TPSA) is 51.9 Å². The number of likely N-dealkylation sites (N-methyl/N-ethyl adjacent to an activating group) is 1. The molecule has 0 saturated carbocycles. The lowest BCUT2D eigenvalue weighted by Gasteiger charge is -2.23. The number of methoxy groups -OCH3 is 1. The number of benzene rings is 1. The first-order valence-electron chi connectivity index (χ1n) is 6.67. The molecule has 21 heavy (non-hydrogen) atoms. The van der Waals surface area contributed by atoms with Gasteiger partial charge in [0.25, 0.3) is 5.91 Å². The predicted molar refractivity (Wildman–Crippen MR) is 78.4 cm³/mol. The van der Waals surface area contributed by atoms with Crippen molar-refractivity contribution in [2.45, 2.75) is 13.0 Å². The molecule has 1 heterocycles. The highest BCUT2D eigenvalue weighted by Gasteiger charge is 2.19. The van der Waals surface area contributed by atoms with Gasteiger partial charge in [0.15, 0.2) is 6.61 Å². The predicted octanol–water partition coefficient (Wildman–Crippen LogP) is 2.89. The fraction of sp³-hybridized carbons (Fsp3) is 0.312. The average Bonchev–Trinajstić information content (AvgIpc) is 3.05. The molecule has 1 unspecified atom stereocenters. The van der Waals surface area contributed by atoms with E-state index in [-0.39, 0.29) is 18.6 Å². The van der Waals surface area contributed by atoms with Crippen molar-refractivity contribution in [3.63, 3.8) is 0 Å². The third-order valence-corrected chi connectivity index (χ3v) is 3.33. The van der Waals surface area contributed by atoms with Crippen LogP contribution < -0.4 is 9.47 Å². The number of hydrogen-bond acceptors (Lipinski definition) is 4. The Bertz CT molecular complexity index is 580. The molecule has 0 bridgehead atoms. The van der Waals surface area contributed by atoms with Crippen molar-refractivity contribution in [3.8, 4) is 11.5 Å². The number of nitrogens with zero attached hydrogens (tertiary/aromatic N) is 1. The maximum atomic E-state index is 12.1. The van der Waals surface area contributed by atoms with E-state index in [1.807, 2.05) is 25.1 Å². The van der Waals surface area contributed by atoms with Crippen molar-refractivity contribution in [1.82, 2.24) is 4.90 Å². The number of amides is 1. The van der Waals surface area contributed by atoms with Gasteiger partial charge < -0.3 is 18.8 Å². The Morgan fingerprint density at radius 1 is 1.29 bits per heavy atom. The maximum absolute atomic E-state index is 12.1. The molecule has 112 valence electrons. The summed E-state index contributed by atoms with van der Waals surface area (Å²) in [5.41, 5.74) is 0. The fourth-order valence-electron chi connectivity index (χ4n) is 1.87. The first-order valence-corrected chi connectivity index (χ1v) is 6.67. The van der Waals surface area contributed by atoms with Gasteiger partial charge in [-0.25, -0.2) is 0 Å². The summed E-state index contributed by atoms with van der Waals surface area (Å²) < 4.78 is 15.9. The van der Waals surface area contributed by atoms with Crippen LogP contribution in [0, 0.1) is 0 Å². The zero-order valence-corrected chi connectivity index (χ0v) is 12.4. The van der Waals surface area contributed by atoms with E-state index < -0.39 is 0 Å². The summed E-state index contributed by atoms with van der Waals surface area (Å²) in [6.45, 7) is 1.87. The summed E-state index contributed by atoms with van der Waals surface area (Å²) in [5.74, 6) is 1.91. The van der Waals surface area contributed by atoms with Crippen molar-refractivity contribution < 1.29 is 18.7 Å². The Labute approximate surface area is 124 Å². The van der Waals surface area contributed by atoms with E-state index in [9.17, 15) is 4.79 Å². The van der Waals surface area contributed by atoms with Crippen LogP contribution in [0.3, 0.4) is 0 Å². The van der Waals surface area contributed by atoms with Gasteiger partial charge >= 0.3 is 0 Å². The smallest absolute Gasteiger partial charge is 0.260 e. The average molecular weight is 289 g/mol. The SMILES string of the molecule is COc1cccc(OCC(=O)N(C)C(C)c2ccco2)c1. The largest absolute Gasteiger partial charge is 0.497 e. The zero-order chi connectivity index (χ0) is 15.2. The van der Waals surface area contributed by atoms with Crippen molar-refractivity contribution >= 4 is 5.91 Å². The molecule has 0 spiro atoms. The Morgan fingerprint density at radius 2 is 2.05 bits per heavy atom. The maximum Gasteiger partial charge on any atom is 0.260 e. The van der Waals surface area contributed by atoms with Crippen LogP contribution >= 0.6 is 0 Å². The molecule has 2 aromatic rings. The minimum atomic E-state index is -0.138. The summed E-state index contributed by atoms with van der Waals surface area (Å²) in [6.07, 6.45) is 1.59. The molecular formula is C16H19NO4. The van der Waals surface area contributed by atoms with Crippen LogP contribution in [0.25, 0.3) is 0 Å². The molecule has 0 aliphatic heterocycles. The van der Waals surface area contributed by atoms with Crippen molar-refractivity contribution in [2.75, 3.05) is 20.8 Å². The standard InChI is InChI=1S/C16H19NO4/c1-12(15-8-5-9-20-15)17(2)16(18)11-21-14-7-4-6-13(10-14)19-3/h4-10,12H,11H2,1-3H3. The molecular weight excluding hydrogens is 270 g/mol. The molecule has 0 N–H and O–H groups in total. The number of carbonyl (C=O) groups excluding carboxylic acids is 1. The van der Waals surface area contributed by atoms with Gasteiger partial charge in [0.2, 0.25) is 0 Å². The Hall–Kier alpha value is -2.43. The zero-order valence-electron chi connectivity index (χ0n) is 12.4. The third kappa shape index (κ3) is 3.78. The molecule has 0 radical (unpaired) electrons. The van der Waals surface area contributed by atoms with E-state index in [4.69, 9.17) is 13.9 Å². The number of rotatable bonds is 6. The lowest BCUT2D eigenvalue weighted by molar-refractivity contribution is -0.134. The van der Waals surface area contributed by atoms with Gasteiger partial charge in [0, 0.05) is 13.1 Å². The van der Waals surface area contributed by atoms with Gasteiger partial charge in [0.1, 0.15) is 17.3 Å². The molecule has 0 aliphatic rings. The van der Waals surface area contributed by atoms with Crippen LogP contribution in [-0.2, 0) is 4.79 Å². The van der Waals surface area contributed by atoms with Crippen LogP contribution in [0.2, 0.25) is 0 Å². The van der Waals surface area contributed by atoms with E-state index in [1.165, 1.54) is 0 Å². The number of furan rings is 1. The molecule has 0 fully saturated rings. The van der Waals surface area contributed by atoms with Gasteiger partial charge in [-0.3, -0.25) is 4.79 Å². The van der Waals surface area contributed by atoms with Gasteiger partial charge in [-0.05, 0) is 31.2 Å². The Morgan fingerprint density at radius 3 is 2.71 bits per heavy atom. The monoisotopic (exact) mass is 289 g/mol. The second kappa shape index (κ2) is 6.83. The lowest BCUT2D eigenvalue weighted by Crippen LogP contribution is -2.33. The minimum absolute atomic E-state index is 0.0330.